The van der Waals surface area contributed by atoms with Gasteiger partial charge in [0.15, 0.2) is 0 Å². The zero-order chi connectivity index (χ0) is 17.9. The van der Waals surface area contributed by atoms with E-state index in [1.165, 1.54) is 0 Å². The number of phenols is 1. The molecule has 0 aliphatic heterocycles. The van der Waals surface area contributed by atoms with Crippen molar-refractivity contribution < 1.29 is 5.11 Å². The van der Waals surface area contributed by atoms with Crippen LogP contribution >= 0.6 is 11.6 Å². The van der Waals surface area contributed by atoms with E-state index in [2.05, 4.69) is 20.3 Å². The van der Waals surface area contributed by atoms with Gasteiger partial charge in [-0.25, -0.2) is 4.98 Å². The van der Waals surface area contributed by atoms with E-state index in [1.807, 2.05) is 36.4 Å². The number of benzene rings is 1. The van der Waals surface area contributed by atoms with E-state index in [4.69, 9.17) is 11.6 Å². The van der Waals surface area contributed by atoms with Gasteiger partial charge in [-0.05, 0) is 42.0 Å². The molecule has 1 atom stereocenters. The van der Waals surface area contributed by atoms with E-state index >= 15 is 0 Å². The van der Waals surface area contributed by atoms with Crippen LogP contribution in [-0.4, -0.2) is 20.1 Å². The number of aromatic hydroxyl groups is 1. The highest BCUT2D eigenvalue weighted by atomic mass is 35.5. The third kappa shape index (κ3) is 3.05. The minimum atomic E-state index is -0.387. The standard InChI is InChI=1S/C20H15ClN4O/c21-16-11-15(20(26)19-14(16)6-4-10-24-19)18(13-5-3-8-22-12-13)25-17-7-1-2-9-23-17/h1-12,18,26H,(H,23,25)/t18-/m1/s1. The van der Waals surface area contributed by atoms with E-state index < -0.39 is 0 Å². The van der Waals surface area contributed by atoms with Crippen molar-refractivity contribution in [3.63, 3.8) is 0 Å². The first-order valence-corrected chi connectivity index (χ1v) is 8.45. The Bertz CT molecular complexity index is 1040. The lowest BCUT2D eigenvalue weighted by atomic mass is 9.97. The molecule has 128 valence electrons. The number of halogens is 1. The van der Waals surface area contributed by atoms with Crippen LogP contribution in [0.4, 0.5) is 5.82 Å². The maximum atomic E-state index is 10.9. The van der Waals surface area contributed by atoms with E-state index in [-0.39, 0.29) is 11.8 Å². The average Bonchev–Trinajstić information content (AvgIpc) is 2.71. The molecule has 0 bridgehead atoms. The van der Waals surface area contributed by atoms with Gasteiger partial charge in [-0.3, -0.25) is 9.97 Å². The quantitative estimate of drug-likeness (QED) is 0.555. The summed E-state index contributed by atoms with van der Waals surface area (Å²) in [6, 6.07) is 14.4. The largest absolute Gasteiger partial charge is 0.505 e. The van der Waals surface area contributed by atoms with Gasteiger partial charge < -0.3 is 10.4 Å². The Morgan fingerprint density at radius 1 is 0.962 bits per heavy atom. The van der Waals surface area contributed by atoms with Gasteiger partial charge in [-0.15, -0.1) is 0 Å². The normalized spacial score (nSPS) is 12.0. The van der Waals surface area contributed by atoms with Crippen LogP contribution in [0.5, 0.6) is 5.75 Å². The molecule has 0 spiro atoms. The lowest BCUT2D eigenvalue weighted by Gasteiger charge is -2.22. The Morgan fingerprint density at radius 3 is 2.58 bits per heavy atom. The number of pyridine rings is 3. The molecule has 4 aromatic rings. The van der Waals surface area contributed by atoms with Crippen LogP contribution in [0.2, 0.25) is 5.02 Å². The molecule has 0 saturated heterocycles. The summed E-state index contributed by atoms with van der Waals surface area (Å²) in [5, 5.41) is 15.5. The van der Waals surface area contributed by atoms with Gasteiger partial charge in [0.05, 0.1) is 11.1 Å². The number of nitrogens with one attached hydrogen (secondary N) is 1. The average molecular weight is 363 g/mol. The second-order valence-corrected chi connectivity index (χ2v) is 6.18. The molecular formula is C20H15ClN4O. The van der Waals surface area contributed by atoms with Crippen molar-refractivity contribution >= 4 is 28.3 Å². The highest BCUT2D eigenvalue weighted by Gasteiger charge is 2.22. The van der Waals surface area contributed by atoms with E-state index in [0.29, 0.717) is 27.3 Å². The molecule has 0 unspecified atom stereocenters. The molecule has 0 radical (unpaired) electrons. The maximum absolute atomic E-state index is 10.9. The lowest BCUT2D eigenvalue weighted by Crippen LogP contribution is -2.14. The summed E-state index contributed by atoms with van der Waals surface area (Å²) in [5.41, 5.74) is 1.95. The number of aromatic nitrogens is 3. The fraction of sp³-hybridized carbons (Fsp3) is 0.0500. The number of rotatable bonds is 4. The van der Waals surface area contributed by atoms with Crippen molar-refractivity contribution in [1.82, 2.24) is 15.0 Å². The van der Waals surface area contributed by atoms with Gasteiger partial charge in [0.2, 0.25) is 0 Å². The molecule has 0 aliphatic rings. The maximum Gasteiger partial charge on any atom is 0.147 e. The fourth-order valence-electron chi connectivity index (χ4n) is 2.91. The zero-order valence-electron chi connectivity index (χ0n) is 13.7. The monoisotopic (exact) mass is 362 g/mol. The second-order valence-electron chi connectivity index (χ2n) is 5.77. The number of fused-ring (bicyclic) bond motifs is 1. The van der Waals surface area contributed by atoms with Crippen LogP contribution in [0.15, 0.2) is 73.3 Å². The molecule has 4 rings (SSSR count). The SMILES string of the molecule is Oc1c([C@H](Nc2ccccn2)c2cccnc2)cc(Cl)c2cccnc12. The summed E-state index contributed by atoms with van der Waals surface area (Å²) in [4.78, 5) is 12.8. The predicted molar refractivity (Wildman–Crippen MR) is 102 cm³/mol. The Hall–Kier alpha value is -3.18. The Kier molecular flexibility index (Phi) is 4.37. The van der Waals surface area contributed by atoms with Crippen molar-refractivity contribution in [3.8, 4) is 5.75 Å². The Balaban J connectivity index is 1.89. The first-order chi connectivity index (χ1) is 12.7. The van der Waals surface area contributed by atoms with Crippen LogP contribution in [0.3, 0.4) is 0 Å². The molecule has 0 aliphatic carbocycles. The third-order valence-electron chi connectivity index (χ3n) is 4.13. The second kappa shape index (κ2) is 6.98. The van der Waals surface area contributed by atoms with Crippen LogP contribution in [0.1, 0.15) is 17.2 Å². The van der Waals surface area contributed by atoms with Gasteiger partial charge >= 0.3 is 0 Å². The molecule has 3 aromatic heterocycles. The summed E-state index contributed by atoms with van der Waals surface area (Å²) >= 11 is 6.46. The first-order valence-electron chi connectivity index (χ1n) is 8.07. The summed E-state index contributed by atoms with van der Waals surface area (Å²) < 4.78 is 0. The molecule has 5 nitrogen and oxygen atoms in total. The predicted octanol–water partition coefficient (Wildman–Crippen LogP) is 4.59. The topological polar surface area (TPSA) is 70.9 Å². The summed E-state index contributed by atoms with van der Waals surface area (Å²) in [6.07, 6.45) is 6.79. The Morgan fingerprint density at radius 2 is 1.81 bits per heavy atom. The van der Waals surface area contributed by atoms with Crippen LogP contribution < -0.4 is 5.32 Å². The first kappa shape index (κ1) is 16.3. The number of hydrogen-bond acceptors (Lipinski definition) is 5. The lowest BCUT2D eigenvalue weighted by molar-refractivity contribution is 0.471. The van der Waals surface area contributed by atoms with Crippen molar-refractivity contribution in [3.05, 3.63) is 89.5 Å². The van der Waals surface area contributed by atoms with Gasteiger partial charge in [0, 0.05) is 35.7 Å². The Labute approximate surface area is 155 Å². The molecular weight excluding hydrogens is 348 g/mol. The van der Waals surface area contributed by atoms with Crippen molar-refractivity contribution in [1.29, 1.82) is 0 Å². The van der Waals surface area contributed by atoms with Gasteiger partial charge in [-0.1, -0.05) is 23.7 Å². The fourth-order valence-corrected chi connectivity index (χ4v) is 3.18. The van der Waals surface area contributed by atoms with Gasteiger partial charge in [0.1, 0.15) is 17.1 Å². The van der Waals surface area contributed by atoms with Gasteiger partial charge in [-0.2, -0.15) is 0 Å². The summed E-state index contributed by atoms with van der Waals surface area (Å²) in [5.74, 6) is 0.764. The number of anilines is 1. The zero-order valence-corrected chi connectivity index (χ0v) is 14.4. The molecule has 3 heterocycles. The van der Waals surface area contributed by atoms with Crippen molar-refractivity contribution in [2.24, 2.45) is 0 Å². The van der Waals surface area contributed by atoms with Crippen LogP contribution in [-0.2, 0) is 0 Å². The molecule has 0 saturated carbocycles. The minimum Gasteiger partial charge on any atom is -0.505 e. The van der Waals surface area contributed by atoms with Crippen LogP contribution in [0, 0.1) is 0 Å². The van der Waals surface area contributed by atoms with Gasteiger partial charge in [0.25, 0.3) is 0 Å². The molecule has 1 aromatic carbocycles. The smallest absolute Gasteiger partial charge is 0.147 e. The minimum absolute atomic E-state index is 0.0854. The summed E-state index contributed by atoms with van der Waals surface area (Å²) in [7, 11) is 0. The highest BCUT2D eigenvalue weighted by Crippen LogP contribution is 2.39. The number of hydrogen-bond donors (Lipinski definition) is 2. The highest BCUT2D eigenvalue weighted by molar-refractivity contribution is 6.35. The molecule has 6 heteroatoms. The van der Waals surface area contributed by atoms with Crippen LogP contribution in [0.25, 0.3) is 10.9 Å². The summed E-state index contributed by atoms with van der Waals surface area (Å²) in [6.45, 7) is 0. The molecule has 2 N–H and O–H groups in total. The van der Waals surface area contributed by atoms with Crippen molar-refractivity contribution in [2.75, 3.05) is 5.32 Å². The van der Waals surface area contributed by atoms with E-state index in [9.17, 15) is 5.11 Å². The third-order valence-corrected chi connectivity index (χ3v) is 4.44. The van der Waals surface area contributed by atoms with Crippen molar-refractivity contribution in [2.45, 2.75) is 6.04 Å². The van der Waals surface area contributed by atoms with E-state index in [1.54, 1.807) is 36.9 Å². The number of nitrogens with zero attached hydrogens (tertiary/aromatic N) is 3. The number of phenolic OH excluding ortho intramolecular Hbond substituents is 1. The molecule has 26 heavy (non-hydrogen) atoms. The van der Waals surface area contributed by atoms with E-state index in [0.717, 1.165) is 5.56 Å². The molecule has 0 amide bonds. The molecule has 0 fully saturated rings.